The van der Waals surface area contributed by atoms with Crippen molar-refractivity contribution in [2.75, 3.05) is 20.3 Å². The average molecular weight is 397 g/mol. The molecule has 0 bridgehead atoms. The summed E-state index contributed by atoms with van der Waals surface area (Å²) in [6, 6.07) is 14.1. The summed E-state index contributed by atoms with van der Waals surface area (Å²) in [5.41, 5.74) is 2.84. The molecular formula is C22H23NO6. The van der Waals surface area contributed by atoms with Crippen LogP contribution in [-0.4, -0.2) is 49.1 Å². The molecule has 0 radical (unpaired) electrons. The maximum atomic E-state index is 12.7. The van der Waals surface area contributed by atoms with E-state index in [0.29, 0.717) is 12.2 Å². The fourth-order valence-electron chi connectivity index (χ4n) is 3.25. The second-order valence-electron chi connectivity index (χ2n) is 6.75. The van der Waals surface area contributed by atoms with Crippen LogP contribution in [0.2, 0.25) is 0 Å². The highest BCUT2D eigenvalue weighted by atomic mass is 16.6. The smallest absolute Gasteiger partial charge is 0.344 e. The fourth-order valence-corrected chi connectivity index (χ4v) is 3.25. The average Bonchev–Trinajstić information content (AvgIpc) is 2.75. The molecule has 0 aromatic heterocycles. The zero-order chi connectivity index (χ0) is 20.8. The number of para-hydroxylation sites is 1. The first-order valence-corrected chi connectivity index (χ1v) is 9.27. The summed E-state index contributed by atoms with van der Waals surface area (Å²) in [5, 5.41) is 0. The number of rotatable bonds is 6. The molecule has 152 valence electrons. The van der Waals surface area contributed by atoms with Crippen molar-refractivity contribution in [3.63, 3.8) is 0 Å². The minimum atomic E-state index is -0.746. The number of esters is 2. The van der Waals surface area contributed by atoms with Gasteiger partial charge in [0.15, 0.2) is 13.2 Å². The Morgan fingerprint density at radius 1 is 1.00 bits per heavy atom. The van der Waals surface area contributed by atoms with Gasteiger partial charge in [-0.05, 0) is 29.7 Å². The van der Waals surface area contributed by atoms with Crippen molar-refractivity contribution in [3.05, 3.63) is 65.2 Å². The minimum Gasteiger partial charge on any atom is -0.482 e. The van der Waals surface area contributed by atoms with E-state index in [9.17, 15) is 14.4 Å². The van der Waals surface area contributed by atoms with Crippen molar-refractivity contribution in [1.82, 2.24) is 4.90 Å². The molecule has 7 nitrogen and oxygen atoms in total. The molecule has 0 fully saturated rings. The molecule has 1 atom stereocenters. The summed E-state index contributed by atoms with van der Waals surface area (Å²) in [7, 11) is 1.29. The topological polar surface area (TPSA) is 82.1 Å². The van der Waals surface area contributed by atoms with E-state index < -0.39 is 30.5 Å². The van der Waals surface area contributed by atoms with Crippen LogP contribution >= 0.6 is 0 Å². The van der Waals surface area contributed by atoms with E-state index in [1.165, 1.54) is 12.0 Å². The zero-order valence-corrected chi connectivity index (χ0v) is 16.4. The van der Waals surface area contributed by atoms with Crippen LogP contribution in [0.1, 0.15) is 16.7 Å². The first-order chi connectivity index (χ1) is 14.0. The van der Waals surface area contributed by atoms with Crippen LogP contribution in [0.25, 0.3) is 0 Å². The number of benzene rings is 2. The van der Waals surface area contributed by atoms with Gasteiger partial charge in [0.2, 0.25) is 0 Å². The second-order valence-corrected chi connectivity index (χ2v) is 6.75. The minimum absolute atomic E-state index is 0.256. The summed E-state index contributed by atoms with van der Waals surface area (Å²) >= 11 is 0. The highest BCUT2D eigenvalue weighted by molar-refractivity contribution is 5.87. The Bertz CT molecular complexity index is 910. The highest BCUT2D eigenvalue weighted by Crippen LogP contribution is 2.24. The third-order valence-corrected chi connectivity index (χ3v) is 4.84. The maximum absolute atomic E-state index is 12.7. The number of aryl methyl sites for hydroxylation is 1. The summed E-state index contributed by atoms with van der Waals surface area (Å²) in [4.78, 5) is 38.2. The summed E-state index contributed by atoms with van der Waals surface area (Å²) < 4.78 is 15.3. The van der Waals surface area contributed by atoms with Crippen LogP contribution in [0.4, 0.5) is 0 Å². The van der Waals surface area contributed by atoms with Crippen LogP contribution in [0.5, 0.6) is 5.75 Å². The maximum Gasteiger partial charge on any atom is 0.344 e. The Morgan fingerprint density at radius 2 is 1.69 bits per heavy atom. The number of methoxy groups -OCH3 is 1. The summed E-state index contributed by atoms with van der Waals surface area (Å²) in [6.07, 6.45) is 0.360. The predicted octanol–water partition coefficient (Wildman–Crippen LogP) is 2.04. The Morgan fingerprint density at radius 3 is 2.41 bits per heavy atom. The van der Waals surface area contributed by atoms with Crippen LogP contribution in [0.15, 0.2) is 48.5 Å². The van der Waals surface area contributed by atoms with Gasteiger partial charge >= 0.3 is 11.9 Å². The molecule has 0 unspecified atom stereocenters. The van der Waals surface area contributed by atoms with Crippen LogP contribution < -0.4 is 4.74 Å². The molecule has 0 aliphatic carbocycles. The van der Waals surface area contributed by atoms with Gasteiger partial charge in [0, 0.05) is 13.0 Å². The van der Waals surface area contributed by atoms with Gasteiger partial charge in [-0.3, -0.25) is 4.79 Å². The number of carbonyl (C=O) groups excluding carboxylic acids is 3. The van der Waals surface area contributed by atoms with Crippen molar-refractivity contribution in [1.29, 1.82) is 0 Å². The molecule has 29 heavy (non-hydrogen) atoms. The zero-order valence-electron chi connectivity index (χ0n) is 16.4. The molecule has 1 aliphatic rings. The molecule has 2 aromatic carbocycles. The molecular weight excluding hydrogens is 374 g/mol. The lowest BCUT2D eigenvalue weighted by atomic mass is 9.94. The van der Waals surface area contributed by atoms with Gasteiger partial charge in [-0.2, -0.15) is 0 Å². The van der Waals surface area contributed by atoms with Gasteiger partial charge in [-0.15, -0.1) is 0 Å². The van der Waals surface area contributed by atoms with Gasteiger partial charge in [-0.25, -0.2) is 9.59 Å². The number of amides is 1. The van der Waals surface area contributed by atoms with Crippen LogP contribution in [0, 0.1) is 6.92 Å². The van der Waals surface area contributed by atoms with E-state index in [4.69, 9.17) is 14.2 Å². The number of hydrogen-bond acceptors (Lipinski definition) is 6. The van der Waals surface area contributed by atoms with Gasteiger partial charge < -0.3 is 19.1 Å². The van der Waals surface area contributed by atoms with Crippen molar-refractivity contribution in [3.8, 4) is 5.75 Å². The largest absolute Gasteiger partial charge is 0.482 e. The van der Waals surface area contributed by atoms with Crippen molar-refractivity contribution in [2.45, 2.75) is 25.9 Å². The molecule has 0 N–H and O–H groups in total. The molecule has 2 aromatic rings. The van der Waals surface area contributed by atoms with E-state index in [2.05, 4.69) is 0 Å². The molecule has 0 saturated heterocycles. The molecule has 3 rings (SSSR count). The monoisotopic (exact) mass is 397 g/mol. The SMILES string of the molecule is COC(=O)[C@H]1Cc2ccccc2CN1C(=O)COC(=O)COc1ccccc1C. The second kappa shape index (κ2) is 9.23. The van der Waals surface area contributed by atoms with E-state index >= 15 is 0 Å². The summed E-state index contributed by atoms with van der Waals surface area (Å²) in [5.74, 6) is -1.04. The van der Waals surface area contributed by atoms with Gasteiger partial charge in [0.05, 0.1) is 7.11 Å². The molecule has 1 amide bonds. The normalized spacial score (nSPS) is 15.2. The Hall–Kier alpha value is -3.35. The molecule has 7 heteroatoms. The molecule has 0 saturated carbocycles. The fraction of sp³-hybridized carbons (Fsp3) is 0.318. The Labute approximate surface area is 169 Å². The first kappa shape index (κ1) is 20.4. The number of fused-ring (bicyclic) bond motifs is 1. The Balaban J connectivity index is 1.59. The highest BCUT2D eigenvalue weighted by Gasteiger charge is 2.35. The van der Waals surface area contributed by atoms with Crippen LogP contribution in [0.3, 0.4) is 0 Å². The summed E-state index contributed by atoms with van der Waals surface area (Å²) in [6.45, 7) is 1.35. The van der Waals surface area contributed by atoms with Gasteiger partial charge in [0.25, 0.3) is 5.91 Å². The van der Waals surface area contributed by atoms with Crippen molar-refractivity contribution >= 4 is 17.8 Å². The lowest BCUT2D eigenvalue weighted by molar-refractivity contribution is -0.160. The van der Waals surface area contributed by atoms with Crippen molar-refractivity contribution < 1.29 is 28.6 Å². The third-order valence-electron chi connectivity index (χ3n) is 4.84. The first-order valence-electron chi connectivity index (χ1n) is 9.27. The third kappa shape index (κ3) is 4.93. The van der Waals surface area contributed by atoms with Crippen LogP contribution in [-0.2, 0) is 36.8 Å². The van der Waals surface area contributed by atoms with Gasteiger partial charge in [0.1, 0.15) is 11.8 Å². The Kier molecular flexibility index (Phi) is 6.49. The van der Waals surface area contributed by atoms with E-state index in [0.717, 1.165) is 16.7 Å². The number of ether oxygens (including phenoxy) is 3. The van der Waals surface area contributed by atoms with E-state index in [-0.39, 0.29) is 13.2 Å². The van der Waals surface area contributed by atoms with Crippen molar-refractivity contribution in [2.24, 2.45) is 0 Å². The van der Waals surface area contributed by atoms with E-state index in [1.54, 1.807) is 12.1 Å². The molecule has 0 spiro atoms. The van der Waals surface area contributed by atoms with Gasteiger partial charge in [-0.1, -0.05) is 42.5 Å². The van der Waals surface area contributed by atoms with E-state index in [1.807, 2.05) is 43.3 Å². The molecule has 1 heterocycles. The number of hydrogen-bond donors (Lipinski definition) is 0. The molecule has 1 aliphatic heterocycles. The standard InChI is InChI=1S/C22H23NO6/c1-15-7-3-6-10-19(15)28-14-21(25)29-13-20(24)23-12-17-9-5-4-8-16(17)11-18(23)22(26)27-2/h3-10,18H,11-14H2,1-2H3/t18-/m1/s1. The lowest BCUT2D eigenvalue weighted by Gasteiger charge is -2.35. The number of carbonyl (C=O) groups is 3. The lowest BCUT2D eigenvalue weighted by Crippen LogP contribution is -2.50. The number of nitrogens with zero attached hydrogens (tertiary/aromatic N) is 1. The quantitative estimate of drug-likeness (QED) is 0.694. The predicted molar refractivity (Wildman–Crippen MR) is 104 cm³/mol.